The van der Waals surface area contributed by atoms with E-state index >= 15 is 0 Å². The number of ether oxygens (including phenoxy) is 1. The molecule has 0 spiro atoms. The van der Waals surface area contributed by atoms with Crippen LogP contribution in [0.2, 0.25) is 0 Å². The van der Waals surface area contributed by atoms with E-state index in [9.17, 15) is 4.79 Å². The largest absolute Gasteiger partial charge is 0.485 e. The molecular weight excluding hydrogens is 290 g/mol. The van der Waals surface area contributed by atoms with Gasteiger partial charge in [-0.15, -0.1) is 10.2 Å². The monoisotopic (exact) mass is 307 g/mol. The summed E-state index contributed by atoms with van der Waals surface area (Å²) in [5.41, 5.74) is 7.29. The molecule has 0 unspecified atom stereocenters. The molecule has 0 saturated carbocycles. The Morgan fingerprint density at radius 1 is 1.38 bits per heavy atom. The molecule has 0 aliphatic rings. The van der Waals surface area contributed by atoms with Gasteiger partial charge in [0.2, 0.25) is 11.1 Å². The van der Waals surface area contributed by atoms with E-state index < -0.39 is 5.91 Å². The Bertz CT molecular complexity index is 656. The minimum atomic E-state index is -0.434. The van der Waals surface area contributed by atoms with Crippen LogP contribution in [0.5, 0.6) is 5.75 Å². The summed E-state index contributed by atoms with van der Waals surface area (Å²) in [4.78, 5) is 10.7. The highest BCUT2D eigenvalue weighted by Gasteiger charge is 2.12. The van der Waals surface area contributed by atoms with Gasteiger partial charge in [0.25, 0.3) is 0 Å². The number of primary amides is 1. The van der Waals surface area contributed by atoms with Gasteiger partial charge in [0, 0.05) is 0 Å². The van der Waals surface area contributed by atoms with Crippen LogP contribution in [0.15, 0.2) is 23.4 Å². The Morgan fingerprint density at radius 3 is 2.81 bits per heavy atom. The number of nitrogen functional groups attached to an aromatic ring is 1. The summed E-state index contributed by atoms with van der Waals surface area (Å²) in [6.07, 6.45) is 0. The summed E-state index contributed by atoms with van der Waals surface area (Å²) >= 11 is 1.14. The van der Waals surface area contributed by atoms with Gasteiger partial charge in [-0.2, -0.15) is 0 Å². The fourth-order valence-corrected chi connectivity index (χ4v) is 2.36. The Balaban J connectivity index is 2.02. The van der Waals surface area contributed by atoms with Gasteiger partial charge in [-0.3, -0.25) is 4.79 Å². The van der Waals surface area contributed by atoms with E-state index in [1.807, 2.05) is 32.0 Å². The maximum Gasteiger partial charge on any atom is 0.227 e. The molecule has 112 valence electrons. The lowest BCUT2D eigenvalue weighted by Crippen LogP contribution is -2.18. The number of hydrogen-bond donors (Lipinski definition) is 2. The van der Waals surface area contributed by atoms with Crippen molar-refractivity contribution in [1.29, 1.82) is 0 Å². The standard InChI is InChI=1S/C13H17N5O2S/c1-8-3-4-10(9(2)5-8)20-6-12-16-17-13(18(12)15)21-7-11(14)19/h3-5H,6-7,15H2,1-2H3,(H2,14,19). The molecule has 0 aliphatic heterocycles. The molecule has 0 radical (unpaired) electrons. The first-order valence-electron chi connectivity index (χ1n) is 6.28. The van der Waals surface area contributed by atoms with Crippen molar-refractivity contribution in [3.05, 3.63) is 35.2 Å². The fourth-order valence-electron chi connectivity index (χ4n) is 1.74. The first-order valence-corrected chi connectivity index (χ1v) is 7.26. The van der Waals surface area contributed by atoms with Crippen LogP contribution in [0.3, 0.4) is 0 Å². The number of nitrogens with zero attached hydrogens (tertiary/aromatic N) is 3. The smallest absolute Gasteiger partial charge is 0.227 e. The van der Waals surface area contributed by atoms with Gasteiger partial charge in [0.1, 0.15) is 12.4 Å². The van der Waals surface area contributed by atoms with Gasteiger partial charge in [-0.25, -0.2) is 4.68 Å². The molecule has 2 aromatic rings. The van der Waals surface area contributed by atoms with Crippen LogP contribution in [0.1, 0.15) is 17.0 Å². The maximum absolute atomic E-state index is 10.7. The van der Waals surface area contributed by atoms with Crippen LogP contribution >= 0.6 is 11.8 Å². The molecule has 7 nitrogen and oxygen atoms in total. The van der Waals surface area contributed by atoms with E-state index in [0.29, 0.717) is 11.0 Å². The van der Waals surface area contributed by atoms with Gasteiger partial charge in [0.05, 0.1) is 5.75 Å². The molecular formula is C13H17N5O2S. The van der Waals surface area contributed by atoms with Crippen LogP contribution in [-0.4, -0.2) is 26.5 Å². The molecule has 1 heterocycles. The summed E-state index contributed by atoms with van der Waals surface area (Å²) < 4.78 is 7.00. The highest BCUT2D eigenvalue weighted by atomic mass is 32.2. The zero-order chi connectivity index (χ0) is 15.4. The van der Waals surface area contributed by atoms with Crippen LogP contribution in [0.25, 0.3) is 0 Å². The van der Waals surface area contributed by atoms with E-state index in [1.165, 1.54) is 10.2 Å². The van der Waals surface area contributed by atoms with E-state index in [0.717, 1.165) is 23.1 Å². The minimum absolute atomic E-state index is 0.104. The van der Waals surface area contributed by atoms with E-state index in [4.69, 9.17) is 16.3 Å². The number of aryl methyl sites for hydroxylation is 2. The highest BCUT2D eigenvalue weighted by Crippen LogP contribution is 2.20. The molecule has 1 amide bonds. The number of carbonyl (C=O) groups is 1. The van der Waals surface area contributed by atoms with Crippen molar-refractivity contribution in [3.8, 4) is 5.75 Å². The van der Waals surface area contributed by atoms with Gasteiger partial charge in [-0.05, 0) is 25.5 Å². The summed E-state index contributed by atoms with van der Waals surface area (Å²) in [5.74, 6) is 6.77. The molecule has 0 fully saturated rings. The molecule has 0 atom stereocenters. The zero-order valence-corrected chi connectivity index (χ0v) is 12.7. The van der Waals surface area contributed by atoms with E-state index in [1.54, 1.807) is 0 Å². The molecule has 0 saturated heterocycles. The van der Waals surface area contributed by atoms with E-state index in [2.05, 4.69) is 10.2 Å². The molecule has 0 aliphatic carbocycles. The average Bonchev–Trinajstić information content (AvgIpc) is 2.76. The van der Waals surface area contributed by atoms with Crippen molar-refractivity contribution in [2.45, 2.75) is 25.6 Å². The third-order valence-electron chi connectivity index (χ3n) is 2.77. The maximum atomic E-state index is 10.7. The Morgan fingerprint density at radius 2 is 2.14 bits per heavy atom. The molecule has 2 rings (SSSR count). The second-order valence-corrected chi connectivity index (χ2v) is 5.52. The minimum Gasteiger partial charge on any atom is -0.485 e. The Labute approximate surface area is 126 Å². The van der Waals surface area contributed by atoms with E-state index in [-0.39, 0.29) is 12.4 Å². The van der Waals surface area contributed by atoms with Crippen molar-refractivity contribution >= 4 is 17.7 Å². The number of thioether (sulfide) groups is 1. The Hall–Kier alpha value is -2.22. The van der Waals surface area contributed by atoms with Gasteiger partial charge in [0.15, 0.2) is 5.82 Å². The SMILES string of the molecule is Cc1ccc(OCc2nnc(SCC(N)=O)n2N)c(C)c1. The van der Waals surface area contributed by atoms with Crippen LogP contribution < -0.4 is 16.3 Å². The fraction of sp³-hybridized carbons (Fsp3) is 0.308. The number of carbonyl (C=O) groups excluding carboxylic acids is 1. The predicted octanol–water partition coefficient (Wildman–Crippen LogP) is 0.765. The summed E-state index contributed by atoms with van der Waals surface area (Å²) in [6.45, 7) is 4.20. The van der Waals surface area contributed by atoms with Crippen molar-refractivity contribution in [2.75, 3.05) is 11.6 Å². The molecule has 21 heavy (non-hydrogen) atoms. The van der Waals surface area contributed by atoms with Gasteiger partial charge in [-0.1, -0.05) is 29.5 Å². The third kappa shape index (κ3) is 3.88. The topological polar surface area (TPSA) is 109 Å². The normalized spacial score (nSPS) is 10.6. The summed E-state index contributed by atoms with van der Waals surface area (Å²) in [7, 11) is 0. The second-order valence-electron chi connectivity index (χ2n) is 4.58. The van der Waals surface area contributed by atoms with Crippen LogP contribution in [0.4, 0.5) is 0 Å². The van der Waals surface area contributed by atoms with Crippen molar-refractivity contribution in [1.82, 2.24) is 14.9 Å². The summed E-state index contributed by atoms with van der Waals surface area (Å²) in [5, 5.41) is 8.27. The van der Waals surface area contributed by atoms with Crippen molar-refractivity contribution in [2.24, 2.45) is 5.73 Å². The number of aromatic nitrogens is 3. The quantitative estimate of drug-likeness (QED) is 0.602. The highest BCUT2D eigenvalue weighted by molar-refractivity contribution is 7.99. The zero-order valence-electron chi connectivity index (χ0n) is 11.9. The molecule has 4 N–H and O–H groups in total. The molecule has 0 bridgehead atoms. The molecule has 8 heteroatoms. The van der Waals surface area contributed by atoms with Gasteiger partial charge < -0.3 is 16.3 Å². The van der Waals surface area contributed by atoms with Crippen LogP contribution in [-0.2, 0) is 11.4 Å². The molecule has 1 aromatic heterocycles. The number of rotatable bonds is 6. The van der Waals surface area contributed by atoms with Crippen molar-refractivity contribution in [3.63, 3.8) is 0 Å². The van der Waals surface area contributed by atoms with Crippen LogP contribution in [0, 0.1) is 13.8 Å². The number of hydrogen-bond acceptors (Lipinski definition) is 6. The third-order valence-corrected chi connectivity index (χ3v) is 3.73. The average molecular weight is 307 g/mol. The summed E-state index contributed by atoms with van der Waals surface area (Å²) in [6, 6.07) is 5.92. The number of benzene rings is 1. The predicted molar refractivity (Wildman–Crippen MR) is 80.3 cm³/mol. The lowest BCUT2D eigenvalue weighted by molar-refractivity contribution is -0.115. The first kappa shape index (κ1) is 15.2. The Kier molecular flexibility index (Phi) is 4.69. The number of amides is 1. The molecule has 1 aromatic carbocycles. The lowest BCUT2D eigenvalue weighted by atomic mass is 10.1. The van der Waals surface area contributed by atoms with Gasteiger partial charge >= 0.3 is 0 Å². The van der Waals surface area contributed by atoms with Crippen molar-refractivity contribution < 1.29 is 9.53 Å². The second kappa shape index (κ2) is 6.49. The lowest BCUT2D eigenvalue weighted by Gasteiger charge is -2.09. The number of nitrogens with two attached hydrogens (primary N) is 2. The first-order chi connectivity index (χ1) is 9.97.